The number of aryl methyl sites for hydroxylation is 1. The molecule has 354 valence electrons. The molecule has 3 aromatic carbocycles. The molecule has 3 amide bonds. The summed E-state index contributed by atoms with van der Waals surface area (Å²) in [6.07, 6.45) is 7.61. The number of nitrogens with one attached hydrogen (secondary N) is 3. The monoisotopic (exact) mass is 1000 g/mol. The van der Waals surface area contributed by atoms with Crippen LogP contribution in [0.3, 0.4) is 0 Å². The average molecular weight is 1000 g/mol. The Morgan fingerprint density at radius 2 is 1.74 bits per heavy atom. The third-order valence-electron chi connectivity index (χ3n) is 13.2. The minimum Gasteiger partial charge on any atom is -0.494 e. The van der Waals surface area contributed by atoms with Gasteiger partial charge >= 0.3 is 0 Å². The molecule has 0 bridgehead atoms. The van der Waals surface area contributed by atoms with E-state index in [1.165, 1.54) is 0 Å². The number of halogens is 1. The summed E-state index contributed by atoms with van der Waals surface area (Å²) < 4.78 is 26.0. The Kier molecular flexibility index (Phi) is 14.1. The molecule has 17 nitrogen and oxygen atoms in total. The van der Waals surface area contributed by atoms with Crippen LogP contribution in [-0.4, -0.2) is 144 Å². The average Bonchev–Trinajstić information content (AvgIpc) is 3.67. The smallest absolute Gasteiger partial charge is 0.255 e. The molecule has 0 spiro atoms. The zero-order valence-electron chi connectivity index (χ0n) is 38.7. The van der Waals surface area contributed by atoms with Crippen LogP contribution in [0.15, 0.2) is 65.5 Å². The van der Waals surface area contributed by atoms with Crippen molar-refractivity contribution in [1.82, 2.24) is 40.0 Å². The molecule has 4 aliphatic rings. The van der Waals surface area contributed by atoms with Crippen molar-refractivity contribution in [2.75, 3.05) is 95.0 Å². The minimum absolute atomic E-state index is 0.204. The molecule has 9 rings (SSSR count). The van der Waals surface area contributed by atoms with Crippen molar-refractivity contribution in [3.63, 3.8) is 0 Å². The number of piperazine rings is 1. The maximum atomic E-state index is 13.5. The third kappa shape index (κ3) is 10.2. The molecule has 0 saturated carbocycles. The number of methoxy groups -OCH3 is 1. The number of fused-ring (bicyclic) bond motifs is 2. The van der Waals surface area contributed by atoms with Gasteiger partial charge in [-0.25, -0.2) is 4.98 Å². The van der Waals surface area contributed by atoms with Crippen LogP contribution in [0.5, 0.6) is 5.75 Å². The predicted octanol–water partition coefficient (Wildman–Crippen LogP) is 5.65. The van der Waals surface area contributed by atoms with E-state index in [0.29, 0.717) is 75.2 Å². The molecule has 3 saturated heterocycles. The molecule has 68 heavy (non-hydrogen) atoms. The van der Waals surface area contributed by atoms with Crippen molar-refractivity contribution < 1.29 is 28.4 Å². The summed E-state index contributed by atoms with van der Waals surface area (Å²) in [5.41, 5.74) is 7.04. The predicted molar refractivity (Wildman–Crippen MR) is 266 cm³/mol. The Morgan fingerprint density at radius 1 is 0.941 bits per heavy atom. The lowest BCUT2D eigenvalue weighted by molar-refractivity contribution is -0.136. The van der Waals surface area contributed by atoms with Crippen molar-refractivity contribution in [2.45, 2.75) is 51.2 Å². The summed E-state index contributed by atoms with van der Waals surface area (Å²) in [4.78, 5) is 64.6. The summed E-state index contributed by atoms with van der Waals surface area (Å²) in [5.74, 6) is 6.92. The second kappa shape index (κ2) is 20.3. The van der Waals surface area contributed by atoms with Crippen LogP contribution >= 0.6 is 23.1 Å². The highest BCUT2D eigenvalue weighted by Crippen LogP contribution is 2.42. The van der Waals surface area contributed by atoms with Crippen molar-refractivity contribution in [3.8, 4) is 17.6 Å². The normalized spacial score (nSPS) is 18.3. The molecular weight excluding hydrogens is 949 g/mol. The van der Waals surface area contributed by atoms with Crippen LogP contribution in [0.4, 0.5) is 28.8 Å². The van der Waals surface area contributed by atoms with Crippen LogP contribution in [0.25, 0.3) is 11.0 Å². The molecule has 0 aliphatic carbocycles. The van der Waals surface area contributed by atoms with E-state index in [4.69, 9.17) is 14.5 Å². The number of imide groups is 1. The standard InChI is InChI=1S/C49H55BrN11O6P/c1-31-27-39(55-49-53-29-36(50)46(57-49)54-38-11-10-37-44(52-17-16-51-37)45(38)68(3,4)65)42(66-2)28-41(31)60-18-14-33(15-19-60)59-22-20-58(21-23-59)24-26-67-25-6-8-32-7-5-9-34-35(32)30-61(48(34)64)40-12-13-43(62)56-47(40)63/h5,7,9-11,16-17,27-29,33,40H,12-15,18-26,30H2,1-4H3,(H,56,62,63)(H2,53,54,55,57). The number of ether oxygens (including phenoxy) is 2. The van der Waals surface area contributed by atoms with Gasteiger partial charge in [0.05, 0.1) is 40.4 Å². The van der Waals surface area contributed by atoms with Gasteiger partial charge in [-0.3, -0.25) is 39.5 Å². The molecule has 4 aliphatic heterocycles. The summed E-state index contributed by atoms with van der Waals surface area (Å²) in [7, 11) is -1.11. The number of rotatable bonds is 13. The lowest BCUT2D eigenvalue weighted by Crippen LogP contribution is -2.53. The SMILES string of the molecule is COc1cc(N2CCC(N3CCN(CCOCC#Cc4cccc5c4CN(C4CCC(=O)NC4=O)C5=O)CC3)CC2)c(C)cc1Nc1ncc(Br)c(Nc2ccc3nccnc3c2P(C)(C)=O)n1. The summed E-state index contributed by atoms with van der Waals surface area (Å²) in [6, 6.07) is 13.2. The molecule has 1 atom stereocenters. The van der Waals surface area contributed by atoms with Gasteiger partial charge in [0, 0.05) is 106 Å². The Bertz CT molecular complexity index is 2870. The van der Waals surface area contributed by atoms with Crippen LogP contribution < -0.4 is 30.9 Å². The van der Waals surface area contributed by atoms with Crippen molar-refractivity contribution in [3.05, 3.63) is 87.8 Å². The van der Waals surface area contributed by atoms with E-state index in [9.17, 15) is 18.9 Å². The van der Waals surface area contributed by atoms with Gasteiger partial charge in [0.2, 0.25) is 17.8 Å². The van der Waals surface area contributed by atoms with Crippen LogP contribution in [0.2, 0.25) is 0 Å². The summed E-state index contributed by atoms with van der Waals surface area (Å²) >= 11 is 3.59. The lowest BCUT2D eigenvalue weighted by atomic mass is 10.0. The van der Waals surface area contributed by atoms with Crippen molar-refractivity contribution in [2.24, 2.45) is 0 Å². The molecule has 2 aromatic heterocycles. The van der Waals surface area contributed by atoms with Crippen LogP contribution in [0, 0.1) is 18.8 Å². The Hall–Kier alpha value is -5.96. The molecule has 5 aromatic rings. The van der Waals surface area contributed by atoms with E-state index < -0.39 is 19.1 Å². The number of carbonyl (C=O) groups is 3. The molecule has 19 heteroatoms. The quantitative estimate of drug-likeness (QED) is 0.0568. The molecule has 3 N–H and O–H groups in total. The van der Waals surface area contributed by atoms with Gasteiger partial charge in [-0.15, -0.1) is 0 Å². The van der Waals surface area contributed by atoms with Crippen LogP contribution in [0.1, 0.15) is 52.7 Å². The number of anilines is 5. The fraction of sp³-hybridized carbons (Fsp3) is 0.408. The van der Waals surface area contributed by atoms with Gasteiger partial charge in [-0.05, 0) is 96.9 Å². The molecule has 3 fully saturated rings. The molecule has 1 unspecified atom stereocenters. The fourth-order valence-corrected chi connectivity index (χ4v) is 11.4. The van der Waals surface area contributed by atoms with Crippen LogP contribution in [-0.2, 0) is 25.4 Å². The number of hydrogen-bond donors (Lipinski definition) is 3. The number of carbonyl (C=O) groups excluding carboxylic acids is 3. The first kappa shape index (κ1) is 47.1. The Balaban J connectivity index is 0.734. The summed E-state index contributed by atoms with van der Waals surface area (Å²) in [5, 5.41) is 9.70. The Labute approximate surface area is 404 Å². The number of aromatic nitrogens is 4. The second-order valence-electron chi connectivity index (χ2n) is 17.9. The number of benzene rings is 3. The topological polar surface area (TPSA) is 187 Å². The van der Waals surface area contributed by atoms with E-state index in [1.54, 1.807) is 50.0 Å². The fourth-order valence-electron chi connectivity index (χ4n) is 9.69. The Morgan fingerprint density at radius 3 is 2.50 bits per heavy atom. The van der Waals surface area contributed by atoms with E-state index in [0.717, 1.165) is 86.7 Å². The first-order chi connectivity index (χ1) is 32.8. The summed E-state index contributed by atoms with van der Waals surface area (Å²) in [6.45, 7) is 13.5. The van der Waals surface area contributed by atoms with E-state index in [2.05, 4.69) is 92.4 Å². The largest absolute Gasteiger partial charge is 0.494 e. The van der Waals surface area contributed by atoms with Gasteiger partial charge < -0.3 is 34.5 Å². The number of hydrogen-bond acceptors (Lipinski definition) is 15. The third-order valence-corrected chi connectivity index (χ3v) is 15.3. The van der Waals surface area contributed by atoms with E-state index in [1.807, 2.05) is 24.3 Å². The number of nitrogens with zero attached hydrogens (tertiary/aromatic N) is 8. The maximum Gasteiger partial charge on any atom is 0.255 e. The zero-order chi connectivity index (χ0) is 47.5. The van der Waals surface area contributed by atoms with Gasteiger partial charge in [0.25, 0.3) is 5.91 Å². The second-order valence-corrected chi connectivity index (χ2v) is 21.9. The molecular formula is C49H55BrN11O6P. The molecule has 0 radical (unpaired) electrons. The van der Waals surface area contributed by atoms with E-state index in [-0.39, 0.29) is 24.8 Å². The minimum atomic E-state index is -2.77. The lowest BCUT2D eigenvalue weighted by Gasteiger charge is -2.43. The molecule has 6 heterocycles. The van der Waals surface area contributed by atoms with Gasteiger partial charge in [-0.1, -0.05) is 17.9 Å². The first-order valence-corrected chi connectivity index (χ1v) is 26.3. The highest BCUT2D eigenvalue weighted by Gasteiger charge is 2.40. The van der Waals surface area contributed by atoms with Gasteiger partial charge in [0.1, 0.15) is 36.9 Å². The van der Waals surface area contributed by atoms with E-state index >= 15 is 0 Å². The zero-order valence-corrected chi connectivity index (χ0v) is 41.2. The maximum absolute atomic E-state index is 13.5. The highest BCUT2D eigenvalue weighted by atomic mass is 79.9. The number of piperidine rings is 2. The highest BCUT2D eigenvalue weighted by molar-refractivity contribution is 9.10. The van der Waals surface area contributed by atoms with Gasteiger partial charge in [-0.2, -0.15) is 4.98 Å². The first-order valence-electron chi connectivity index (χ1n) is 22.9. The van der Waals surface area contributed by atoms with Gasteiger partial charge in [0.15, 0.2) is 0 Å². The van der Waals surface area contributed by atoms with Crippen molar-refractivity contribution in [1.29, 1.82) is 0 Å². The number of amides is 3. The van der Waals surface area contributed by atoms with Crippen molar-refractivity contribution >= 4 is 86.0 Å².